The first kappa shape index (κ1) is 12.0. The van der Waals surface area contributed by atoms with Crippen LogP contribution in [0.15, 0.2) is 0 Å². The number of hydrogen-bond acceptors (Lipinski definition) is 4. The van der Waals surface area contributed by atoms with Gasteiger partial charge in [-0.1, -0.05) is 13.8 Å². The minimum absolute atomic E-state index is 0.228. The zero-order valence-electron chi connectivity index (χ0n) is 9.25. The number of esters is 1. The van der Waals surface area contributed by atoms with Gasteiger partial charge in [0, 0.05) is 0 Å². The van der Waals surface area contributed by atoms with E-state index in [1.807, 2.05) is 13.8 Å². The topological polar surface area (TPSA) is 66.4 Å². The van der Waals surface area contributed by atoms with Gasteiger partial charge in [-0.2, -0.15) is 0 Å². The van der Waals surface area contributed by atoms with Crippen LogP contribution < -0.4 is 5.11 Å². The Balaban J connectivity index is 2.59. The second-order valence-electron chi connectivity index (χ2n) is 4.45. The Hall–Kier alpha value is -1.06. The van der Waals surface area contributed by atoms with Crippen molar-refractivity contribution >= 4 is 11.9 Å². The third-order valence-corrected chi connectivity index (χ3v) is 3.11. The summed E-state index contributed by atoms with van der Waals surface area (Å²) in [5.74, 6) is -1.83. The Morgan fingerprint density at radius 1 is 1.33 bits per heavy atom. The number of carbonyl (C=O) groups excluding carboxylic acids is 2. The molecule has 4 nitrogen and oxygen atoms in total. The lowest BCUT2D eigenvalue weighted by Gasteiger charge is -2.33. The van der Waals surface area contributed by atoms with Gasteiger partial charge in [0.15, 0.2) is 0 Å². The predicted molar refractivity (Wildman–Crippen MR) is 51.8 cm³/mol. The van der Waals surface area contributed by atoms with E-state index in [0.717, 1.165) is 25.7 Å². The molecular weight excluding hydrogens is 196 g/mol. The molecule has 1 fully saturated rings. The van der Waals surface area contributed by atoms with Gasteiger partial charge in [-0.25, -0.2) is 0 Å². The summed E-state index contributed by atoms with van der Waals surface area (Å²) >= 11 is 0. The van der Waals surface area contributed by atoms with Crippen LogP contribution in [-0.4, -0.2) is 17.5 Å². The highest BCUT2D eigenvalue weighted by Crippen LogP contribution is 2.39. The molecule has 0 aliphatic heterocycles. The van der Waals surface area contributed by atoms with E-state index in [2.05, 4.69) is 0 Å². The van der Waals surface area contributed by atoms with Crippen molar-refractivity contribution in [3.05, 3.63) is 0 Å². The monoisotopic (exact) mass is 213 g/mol. The van der Waals surface area contributed by atoms with E-state index in [-0.39, 0.29) is 5.92 Å². The van der Waals surface area contributed by atoms with Crippen molar-refractivity contribution in [1.82, 2.24) is 0 Å². The Bertz CT molecular complexity index is 251. The van der Waals surface area contributed by atoms with Gasteiger partial charge in [-0.15, -0.1) is 0 Å². The van der Waals surface area contributed by atoms with Gasteiger partial charge in [0.1, 0.15) is 5.60 Å². The number of carbonyl (C=O) groups is 2. The highest BCUT2D eigenvalue weighted by atomic mass is 16.6. The van der Waals surface area contributed by atoms with Crippen LogP contribution in [0.3, 0.4) is 0 Å². The molecule has 15 heavy (non-hydrogen) atoms. The van der Waals surface area contributed by atoms with E-state index < -0.39 is 24.0 Å². The molecule has 1 saturated carbocycles. The molecule has 86 valence electrons. The normalized spacial score (nSPS) is 19.1. The molecule has 0 radical (unpaired) electrons. The molecule has 0 aromatic heterocycles. The second kappa shape index (κ2) is 4.64. The van der Waals surface area contributed by atoms with Crippen LogP contribution >= 0.6 is 0 Å². The SMILES string of the molecule is CC(C)C1(OC(=O)CC(=O)[O-])CCCC1. The van der Waals surface area contributed by atoms with E-state index in [0.29, 0.717) is 0 Å². The van der Waals surface area contributed by atoms with Crippen LogP contribution in [0.4, 0.5) is 0 Å². The summed E-state index contributed by atoms with van der Waals surface area (Å²) in [4.78, 5) is 21.5. The van der Waals surface area contributed by atoms with Crippen molar-refractivity contribution in [1.29, 1.82) is 0 Å². The van der Waals surface area contributed by atoms with E-state index in [1.165, 1.54) is 0 Å². The van der Waals surface area contributed by atoms with Crippen LogP contribution in [0.25, 0.3) is 0 Å². The highest BCUT2D eigenvalue weighted by molar-refractivity contribution is 5.89. The highest BCUT2D eigenvalue weighted by Gasteiger charge is 2.40. The fourth-order valence-electron chi connectivity index (χ4n) is 2.15. The Morgan fingerprint density at radius 2 is 1.87 bits per heavy atom. The first-order valence-electron chi connectivity index (χ1n) is 5.38. The maximum absolute atomic E-state index is 11.3. The zero-order chi connectivity index (χ0) is 11.5. The molecule has 0 N–H and O–H groups in total. The van der Waals surface area contributed by atoms with Crippen molar-refractivity contribution in [2.45, 2.75) is 51.6 Å². The Morgan fingerprint density at radius 3 is 2.27 bits per heavy atom. The number of carboxylic acid groups (broad SMARTS) is 1. The molecule has 0 atom stereocenters. The van der Waals surface area contributed by atoms with Gasteiger partial charge in [-0.3, -0.25) is 4.79 Å². The summed E-state index contributed by atoms with van der Waals surface area (Å²) < 4.78 is 5.31. The molecule has 0 unspecified atom stereocenters. The number of hydrogen-bond donors (Lipinski definition) is 0. The number of aliphatic carboxylic acids is 1. The summed E-state index contributed by atoms with van der Waals surface area (Å²) in [5.41, 5.74) is -0.438. The molecule has 0 heterocycles. The minimum Gasteiger partial charge on any atom is -0.550 e. The lowest BCUT2D eigenvalue weighted by Crippen LogP contribution is -2.39. The largest absolute Gasteiger partial charge is 0.550 e. The van der Waals surface area contributed by atoms with Crippen molar-refractivity contribution in [3.8, 4) is 0 Å². The summed E-state index contributed by atoms with van der Waals surface area (Å²) in [7, 11) is 0. The molecule has 0 spiro atoms. The Labute approximate surface area is 89.6 Å². The van der Waals surface area contributed by atoms with Crippen molar-refractivity contribution < 1.29 is 19.4 Å². The molecular formula is C11H17O4-. The van der Waals surface area contributed by atoms with E-state index in [1.54, 1.807) is 0 Å². The molecule has 1 aliphatic carbocycles. The Kier molecular flexibility index (Phi) is 3.72. The third kappa shape index (κ3) is 2.94. The molecule has 1 aliphatic rings. The van der Waals surface area contributed by atoms with Crippen LogP contribution in [0, 0.1) is 5.92 Å². The van der Waals surface area contributed by atoms with Crippen LogP contribution in [-0.2, 0) is 14.3 Å². The second-order valence-corrected chi connectivity index (χ2v) is 4.45. The van der Waals surface area contributed by atoms with Crippen LogP contribution in [0.2, 0.25) is 0 Å². The lowest BCUT2D eigenvalue weighted by atomic mass is 9.88. The van der Waals surface area contributed by atoms with Crippen molar-refractivity contribution in [3.63, 3.8) is 0 Å². The van der Waals surface area contributed by atoms with Gasteiger partial charge in [0.2, 0.25) is 0 Å². The summed E-state index contributed by atoms with van der Waals surface area (Å²) in [5, 5.41) is 10.2. The number of rotatable bonds is 4. The average molecular weight is 213 g/mol. The van der Waals surface area contributed by atoms with E-state index in [9.17, 15) is 14.7 Å². The van der Waals surface area contributed by atoms with Gasteiger partial charge >= 0.3 is 5.97 Å². The quantitative estimate of drug-likeness (QED) is 0.507. The molecule has 0 amide bonds. The summed E-state index contributed by atoms with van der Waals surface area (Å²) in [6.45, 7) is 4.00. The maximum atomic E-state index is 11.3. The molecule has 0 bridgehead atoms. The van der Waals surface area contributed by atoms with Crippen molar-refractivity contribution in [2.24, 2.45) is 5.92 Å². The fraction of sp³-hybridized carbons (Fsp3) is 0.818. The van der Waals surface area contributed by atoms with Gasteiger partial charge < -0.3 is 14.6 Å². The first-order chi connectivity index (χ1) is 6.96. The van der Waals surface area contributed by atoms with Crippen LogP contribution in [0.5, 0.6) is 0 Å². The van der Waals surface area contributed by atoms with Gasteiger partial charge in [0.05, 0.1) is 12.4 Å². The first-order valence-corrected chi connectivity index (χ1v) is 5.38. The van der Waals surface area contributed by atoms with Crippen LogP contribution in [0.1, 0.15) is 46.0 Å². The standard InChI is InChI=1S/C11H18O4/c1-8(2)11(5-3-4-6-11)15-10(14)7-9(12)13/h8H,3-7H2,1-2H3,(H,12,13)/p-1. The zero-order valence-corrected chi connectivity index (χ0v) is 9.25. The molecule has 0 aromatic rings. The van der Waals surface area contributed by atoms with Crippen molar-refractivity contribution in [2.75, 3.05) is 0 Å². The fourth-order valence-corrected chi connectivity index (χ4v) is 2.15. The lowest BCUT2D eigenvalue weighted by molar-refractivity contribution is -0.305. The molecule has 0 aromatic carbocycles. The predicted octanol–water partition coefficient (Wildman–Crippen LogP) is 0.638. The van der Waals surface area contributed by atoms with E-state index in [4.69, 9.17) is 4.74 Å². The molecule has 4 heteroatoms. The number of carboxylic acids is 1. The molecule has 0 saturated heterocycles. The minimum atomic E-state index is -1.38. The van der Waals surface area contributed by atoms with E-state index >= 15 is 0 Å². The molecule has 1 rings (SSSR count). The van der Waals surface area contributed by atoms with Gasteiger partial charge in [0.25, 0.3) is 0 Å². The summed E-state index contributed by atoms with van der Waals surface area (Å²) in [6, 6.07) is 0. The summed E-state index contributed by atoms with van der Waals surface area (Å²) in [6.07, 6.45) is 3.11. The maximum Gasteiger partial charge on any atom is 0.312 e. The number of ether oxygens (including phenoxy) is 1. The average Bonchev–Trinajstić information content (AvgIpc) is 2.52. The third-order valence-electron chi connectivity index (χ3n) is 3.11. The van der Waals surface area contributed by atoms with Gasteiger partial charge in [-0.05, 0) is 31.6 Å². The smallest absolute Gasteiger partial charge is 0.312 e.